The number of rotatable bonds is 2. The minimum atomic E-state index is 0.376. The first-order valence-corrected chi connectivity index (χ1v) is 4.50. The Labute approximate surface area is 87.2 Å². The van der Waals surface area contributed by atoms with Crippen molar-refractivity contribution in [3.8, 4) is 0 Å². The van der Waals surface area contributed by atoms with Crippen molar-refractivity contribution >= 4 is 17.3 Å². The summed E-state index contributed by atoms with van der Waals surface area (Å²) in [6.45, 7) is 1.91. The predicted molar refractivity (Wildman–Crippen MR) is 57.7 cm³/mol. The molecular weight excluding hydrogens is 192 g/mol. The number of nitrogens with one attached hydrogen (secondary N) is 1. The van der Waals surface area contributed by atoms with Gasteiger partial charge < -0.3 is 11.1 Å². The van der Waals surface area contributed by atoms with Gasteiger partial charge in [0.1, 0.15) is 0 Å². The standard InChI is InChI=1S/C9H12N6/c1-6-7(5-15(2)14-6)13-9-8(10)11-3-4-12-9/h3-5H,1-2H3,(H2,10,11)(H,12,13). The van der Waals surface area contributed by atoms with Gasteiger partial charge in [-0.3, -0.25) is 4.68 Å². The van der Waals surface area contributed by atoms with E-state index in [2.05, 4.69) is 20.4 Å². The summed E-state index contributed by atoms with van der Waals surface area (Å²) in [6, 6.07) is 0. The van der Waals surface area contributed by atoms with Gasteiger partial charge in [-0.25, -0.2) is 9.97 Å². The Balaban J connectivity index is 2.29. The molecule has 3 N–H and O–H groups in total. The number of anilines is 3. The van der Waals surface area contributed by atoms with Crippen LogP contribution in [0.5, 0.6) is 0 Å². The molecule has 0 saturated carbocycles. The number of nitrogens with zero attached hydrogens (tertiary/aromatic N) is 4. The van der Waals surface area contributed by atoms with Crippen molar-refractivity contribution < 1.29 is 0 Å². The fraction of sp³-hybridized carbons (Fsp3) is 0.222. The highest BCUT2D eigenvalue weighted by Crippen LogP contribution is 2.19. The van der Waals surface area contributed by atoms with Gasteiger partial charge in [-0.15, -0.1) is 0 Å². The molecule has 0 fully saturated rings. The largest absolute Gasteiger partial charge is 0.381 e. The molecule has 0 bridgehead atoms. The summed E-state index contributed by atoms with van der Waals surface area (Å²) in [5, 5.41) is 7.28. The number of aryl methyl sites for hydroxylation is 2. The molecule has 6 heteroatoms. The smallest absolute Gasteiger partial charge is 0.173 e. The molecule has 0 atom stereocenters. The summed E-state index contributed by atoms with van der Waals surface area (Å²) >= 11 is 0. The fourth-order valence-electron chi connectivity index (χ4n) is 1.29. The molecule has 2 heterocycles. The van der Waals surface area contributed by atoms with E-state index in [-0.39, 0.29) is 0 Å². The minimum Gasteiger partial charge on any atom is -0.381 e. The zero-order chi connectivity index (χ0) is 10.8. The summed E-state index contributed by atoms with van der Waals surface area (Å²) < 4.78 is 1.73. The second-order valence-corrected chi connectivity index (χ2v) is 3.22. The first kappa shape index (κ1) is 9.45. The van der Waals surface area contributed by atoms with E-state index in [1.54, 1.807) is 17.1 Å². The molecule has 2 aromatic rings. The normalized spacial score (nSPS) is 10.3. The number of hydrogen-bond donors (Lipinski definition) is 2. The average Bonchev–Trinajstić information content (AvgIpc) is 2.49. The van der Waals surface area contributed by atoms with Gasteiger partial charge in [0.2, 0.25) is 0 Å². The van der Waals surface area contributed by atoms with Crippen LogP contribution in [0.4, 0.5) is 17.3 Å². The lowest BCUT2D eigenvalue weighted by Crippen LogP contribution is -2.00. The summed E-state index contributed by atoms with van der Waals surface area (Å²) in [4.78, 5) is 8.03. The van der Waals surface area contributed by atoms with E-state index < -0.39 is 0 Å². The van der Waals surface area contributed by atoms with E-state index >= 15 is 0 Å². The van der Waals surface area contributed by atoms with E-state index in [0.717, 1.165) is 11.4 Å². The van der Waals surface area contributed by atoms with Crippen LogP contribution in [0.2, 0.25) is 0 Å². The van der Waals surface area contributed by atoms with Crippen molar-refractivity contribution in [2.45, 2.75) is 6.92 Å². The molecular formula is C9H12N6. The van der Waals surface area contributed by atoms with Crippen LogP contribution < -0.4 is 11.1 Å². The van der Waals surface area contributed by atoms with Gasteiger partial charge in [0, 0.05) is 25.6 Å². The molecule has 0 unspecified atom stereocenters. The van der Waals surface area contributed by atoms with Crippen molar-refractivity contribution in [1.29, 1.82) is 0 Å². The van der Waals surface area contributed by atoms with Crippen LogP contribution in [0, 0.1) is 6.92 Å². The maximum atomic E-state index is 5.66. The van der Waals surface area contributed by atoms with Crippen molar-refractivity contribution in [2.75, 3.05) is 11.1 Å². The summed E-state index contributed by atoms with van der Waals surface area (Å²) in [5.41, 5.74) is 7.43. The Morgan fingerprint density at radius 3 is 2.67 bits per heavy atom. The van der Waals surface area contributed by atoms with Crippen LogP contribution in [0.25, 0.3) is 0 Å². The number of nitrogen functional groups attached to an aromatic ring is 1. The van der Waals surface area contributed by atoms with E-state index in [1.165, 1.54) is 0 Å². The van der Waals surface area contributed by atoms with Crippen LogP contribution in [0.15, 0.2) is 18.6 Å². The van der Waals surface area contributed by atoms with E-state index in [0.29, 0.717) is 11.6 Å². The predicted octanol–water partition coefficient (Wildman–Crippen LogP) is 0.844. The van der Waals surface area contributed by atoms with Gasteiger partial charge >= 0.3 is 0 Å². The molecule has 78 valence electrons. The highest BCUT2D eigenvalue weighted by Gasteiger charge is 2.06. The highest BCUT2D eigenvalue weighted by atomic mass is 15.3. The molecule has 0 saturated heterocycles. The maximum absolute atomic E-state index is 5.66. The highest BCUT2D eigenvalue weighted by molar-refractivity contribution is 5.65. The molecule has 0 spiro atoms. The van der Waals surface area contributed by atoms with Crippen molar-refractivity contribution in [3.05, 3.63) is 24.3 Å². The monoisotopic (exact) mass is 204 g/mol. The fourth-order valence-corrected chi connectivity index (χ4v) is 1.29. The third-order valence-electron chi connectivity index (χ3n) is 1.99. The first-order valence-electron chi connectivity index (χ1n) is 4.50. The van der Waals surface area contributed by atoms with Crippen molar-refractivity contribution in [3.63, 3.8) is 0 Å². The molecule has 15 heavy (non-hydrogen) atoms. The Morgan fingerprint density at radius 1 is 1.33 bits per heavy atom. The van der Waals surface area contributed by atoms with Gasteiger partial charge in [0.15, 0.2) is 11.6 Å². The van der Waals surface area contributed by atoms with Gasteiger partial charge in [-0.2, -0.15) is 5.10 Å². The third-order valence-corrected chi connectivity index (χ3v) is 1.99. The molecule has 0 aliphatic rings. The first-order chi connectivity index (χ1) is 7.16. The quantitative estimate of drug-likeness (QED) is 0.757. The number of hydrogen-bond acceptors (Lipinski definition) is 5. The van der Waals surface area contributed by atoms with Crippen LogP contribution in [-0.2, 0) is 7.05 Å². The second kappa shape index (κ2) is 3.56. The lowest BCUT2D eigenvalue weighted by atomic mass is 10.4. The lowest BCUT2D eigenvalue weighted by molar-refractivity contribution is 0.756. The Bertz CT molecular complexity index is 475. The summed E-state index contributed by atoms with van der Waals surface area (Å²) in [5.74, 6) is 0.925. The van der Waals surface area contributed by atoms with Gasteiger partial charge in [-0.1, -0.05) is 0 Å². The second-order valence-electron chi connectivity index (χ2n) is 3.22. The van der Waals surface area contributed by atoms with Crippen LogP contribution >= 0.6 is 0 Å². The van der Waals surface area contributed by atoms with Gasteiger partial charge in [0.05, 0.1) is 11.4 Å². The Morgan fingerprint density at radius 2 is 2.07 bits per heavy atom. The van der Waals surface area contributed by atoms with Crippen LogP contribution in [-0.4, -0.2) is 19.7 Å². The molecule has 0 aliphatic heterocycles. The average molecular weight is 204 g/mol. The number of nitrogens with two attached hydrogens (primary N) is 1. The molecule has 2 rings (SSSR count). The lowest BCUT2D eigenvalue weighted by Gasteiger charge is -2.04. The zero-order valence-corrected chi connectivity index (χ0v) is 8.60. The minimum absolute atomic E-state index is 0.376. The molecule has 0 aliphatic carbocycles. The van der Waals surface area contributed by atoms with Crippen molar-refractivity contribution in [2.24, 2.45) is 7.05 Å². The summed E-state index contributed by atoms with van der Waals surface area (Å²) in [6.07, 6.45) is 5.00. The van der Waals surface area contributed by atoms with Gasteiger partial charge in [0.25, 0.3) is 0 Å². The molecule has 0 amide bonds. The zero-order valence-electron chi connectivity index (χ0n) is 8.60. The Hall–Kier alpha value is -2.11. The SMILES string of the molecule is Cc1nn(C)cc1Nc1nccnc1N. The topological polar surface area (TPSA) is 81.7 Å². The van der Waals surface area contributed by atoms with Crippen LogP contribution in [0.3, 0.4) is 0 Å². The number of aromatic nitrogens is 4. The third kappa shape index (κ3) is 1.88. The maximum Gasteiger partial charge on any atom is 0.173 e. The van der Waals surface area contributed by atoms with Crippen LogP contribution in [0.1, 0.15) is 5.69 Å². The molecule has 0 aromatic carbocycles. The van der Waals surface area contributed by atoms with Gasteiger partial charge in [-0.05, 0) is 6.92 Å². The van der Waals surface area contributed by atoms with E-state index in [1.807, 2.05) is 20.2 Å². The van der Waals surface area contributed by atoms with E-state index in [4.69, 9.17) is 5.73 Å². The molecule has 2 aromatic heterocycles. The van der Waals surface area contributed by atoms with E-state index in [9.17, 15) is 0 Å². The van der Waals surface area contributed by atoms with Crippen molar-refractivity contribution in [1.82, 2.24) is 19.7 Å². The Kier molecular flexibility index (Phi) is 2.24. The molecule has 0 radical (unpaired) electrons. The summed E-state index contributed by atoms with van der Waals surface area (Å²) in [7, 11) is 1.86. The molecule has 6 nitrogen and oxygen atoms in total.